The minimum absolute atomic E-state index is 0. The van der Waals surface area contributed by atoms with Gasteiger partial charge in [0.1, 0.15) is 11.5 Å². The molecule has 0 spiro atoms. The van der Waals surface area contributed by atoms with Crippen molar-refractivity contribution in [3.63, 3.8) is 0 Å². The number of nitrogens with one attached hydrogen (secondary N) is 2. The van der Waals surface area contributed by atoms with E-state index in [2.05, 4.69) is 25.3 Å². The maximum atomic E-state index is 12.2. The number of aliphatic hydroxyl groups is 1. The number of halogens is 3. The molecule has 7 nitrogen and oxygen atoms in total. The summed E-state index contributed by atoms with van der Waals surface area (Å²) >= 11 is 0. The molecule has 172 valence electrons. The largest absolute Gasteiger partial charge is 0.496 e. The van der Waals surface area contributed by atoms with Crippen LogP contribution in [-0.2, 0) is 6.54 Å². The number of ether oxygens (including phenoxy) is 2. The third-order valence-electron chi connectivity index (χ3n) is 4.43. The Labute approximate surface area is 198 Å². The van der Waals surface area contributed by atoms with E-state index in [-0.39, 0.29) is 36.3 Å². The van der Waals surface area contributed by atoms with Crippen molar-refractivity contribution in [1.82, 2.24) is 15.6 Å². The van der Waals surface area contributed by atoms with Gasteiger partial charge < -0.3 is 25.2 Å². The second-order valence-corrected chi connectivity index (χ2v) is 6.59. The second kappa shape index (κ2) is 13.3. The molecule has 0 fully saturated rings. The van der Waals surface area contributed by atoms with Gasteiger partial charge >= 0.3 is 6.61 Å². The SMILES string of the molecule is CCNC(=NCc1ncc(C)c(OC)c1C)NCC(O)c1ccc(OC(F)F)cc1.I. The monoisotopic (exact) mass is 550 g/mol. The summed E-state index contributed by atoms with van der Waals surface area (Å²) < 4.78 is 34.2. The number of aliphatic hydroxyl groups excluding tert-OH is 1. The fourth-order valence-electron chi connectivity index (χ4n) is 2.91. The molecule has 0 bridgehead atoms. The molecule has 1 aromatic carbocycles. The summed E-state index contributed by atoms with van der Waals surface area (Å²) in [4.78, 5) is 8.96. The maximum absolute atomic E-state index is 12.2. The Hall–Kier alpha value is -2.21. The molecule has 2 rings (SSSR count). The quantitative estimate of drug-likeness (QED) is 0.251. The van der Waals surface area contributed by atoms with Crippen LogP contribution in [0.2, 0.25) is 0 Å². The molecule has 31 heavy (non-hydrogen) atoms. The molecular weight excluding hydrogens is 521 g/mol. The standard InChI is InChI=1S/C21H28F2N4O3.HI/c1-5-24-21(26-11-17-14(3)19(29-4)13(2)10-25-17)27-12-18(28)15-6-8-16(9-7-15)30-20(22)23;/h6-10,18,20,28H,5,11-12H2,1-4H3,(H2,24,26,27);1H. The van der Waals surface area contributed by atoms with Crippen LogP contribution in [0.15, 0.2) is 35.5 Å². The molecule has 0 aliphatic carbocycles. The van der Waals surface area contributed by atoms with Gasteiger partial charge in [-0.05, 0) is 38.5 Å². The van der Waals surface area contributed by atoms with Crippen LogP contribution in [0.5, 0.6) is 11.5 Å². The number of pyridine rings is 1. The first-order valence-corrected chi connectivity index (χ1v) is 9.59. The van der Waals surface area contributed by atoms with Gasteiger partial charge in [-0.15, -0.1) is 24.0 Å². The van der Waals surface area contributed by atoms with E-state index in [1.165, 1.54) is 12.1 Å². The summed E-state index contributed by atoms with van der Waals surface area (Å²) in [6, 6.07) is 5.87. The number of hydrogen-bond donors (Lipinski definition) is 3. The molecule has 1 heterocycles. The van der Waals surface area contributed by atoms with Gasteiger partial charge in [0.2, 0.25) is 0 Å². The Kier molecular flexibility index (Phi) is 11.5. The average Bonchev–Trinajstić information content (AvgIpc) is 2.71. The molecule has 0 amide bonds. The summed E-state index contributed by atoms with van der Waals surface area (Å²) in [5, 5.41) is 16.6. The van der Waals surface area contributed by atoms with Crippen molar-refractivity contribution in [2.24, 2.45) is 4.99 Å². The van der Waals surface area contributed by atoms with Crippen molar-refractivity contribution in [2.45, 2.75) is 40.0 Å². The van der Waals surface area contributed by atoms with Gasteiger partial charge in [-0.2, -0.15) is 8.78 Å². The third-order valence-corrected chi connectivity index (χ3v) is 4.43. The van der Waals surface area contributed by atoms with Gasteiger partial charge in [-0.1, -0.05) is 12.1 Å². The lowest BCUT2D eigenvalue weighted by Crippen LogP contribution is -2.39. The van der Waals surface area contributed by atoms with Gasteiger partial charge in [0.05, 0.1) is 25.5 Å². The van der Waals surface area contributed by atoms with E-state index in [1.807, 2.05) is 20.8 Å². The van der Waals surface area contributed by atoms with E-state index in [1.54, 1.807) is 25.4 Å². The molecule has 1 atom stereocenters. The Morgan fingerprint density at radius 1 is 1.19 bits per heavy atom. The molecule has 3 N–H and O–H groups in total. The van der Waals surface area contributed by atoms with Gasteiger partial charge in [0.15, 0.2) is 5.96 Å². The Balaban J connectivity index is 0.00000480. The Morgan fingerprint density at radius 3 is 2.45 bits per heavy atom. The van der Waals surface area contributed by atoms with Gasteiger partial charge in [0, 0.05) is 30.4 Å². The van der Waals surface area contributed by atoms with E-state index in [0.717, 1.165) is 22.6 Å². The van der Waals surface area contributed by atoms with Crippen molar-refractivity contribution in [3.05, 3.63) is 52.8 Å². The normalized spacial score (nSPS) is 12.2. The summed E-state index contributed by atoms with van der Waals surface area (Å²) in [7, 11) is 1.63. The highest BCUT2D eigenvalue weighted by Crippen LogP contribution is 2.24. The molecule has 0 saturated heterocycles. The minimum atomic E-state index is -2.88. The van der Waals surface area contributed by atoms with Crippen molar-refractivity contribution in [2.75, 3.05) is 20.2 Å². The van der Waals surface area contributed by atoms with Crippen molar-refractivity contribution in [3.8, 4) is 11.5 Å². The summed E-state index contributed by atoms with van der Waals surface area (Å²) in [6.45, 7) is 4.10. The van der Waals surface area contributed by atoms with Crippen LogP contribution in [-0.4, -0.2) is 42.9 Å². The highest BCUT2D eigenvalue weighted by Gasteiger charge is 2.12. The van der Waals surface area contributed by atoms with Gasteiger partial charge in [-0.25, -0.2) is 4.99 Å². The molecule has 0 radical (unpaired) electrons. The van der Waals surface area contributed by atoms with Crippen LogP contribution in [0.3, 0.4) is 0 Å². The van der Waals surface area contributed by atoms with Crippen LogP contribution in [0, 0.1) is 13.8 Å². The van der Waals surface area contributed by atoms with E-state index in [0.29, 0.717) is 24.6 Å². The number of benzene rings is 1. The fourth-order valence-corrected chi connectivity index (χ4v) is 2.91. The number of hydrogen-bond acceptors (Lipinski definition) is 5. The summed E-state index contributed by atoms with van der Waals surface area (Å²) in [5.41, 5.74) is 3.26. The number of aryl methyl sites for hydroxylation is 1. The molecule has 2 aromatic rings. The fraction of sp³-hybridized carbons (Fsp3) is 0.429. The smallest absolute Gasteiger partial charge is 0.387 e. The Bertz CT molecular complexity index is 851. The van der Waals surface area contributed by atoms with E-state index < -0.39 is 12.7 Å². The van der Waals surface area contributed by atoms with Crippen LogP contribution in [0.4, 0.5) is 8.78 Å². The molecule has 10 heteroatoms. The molecule has 0 aliphatic heterocycles. The lowest BCUT2D eigenvalue weighted by Gasteiger charge is -2.16. The number of methoxy groups -OCH3 is 1. The van der Waals surface area contributed by atoms with E-state index in [9.17, 15) is 13.9 Å². The zero-order chi connectivity index (χ0) is 22.1. The zero-order valence-corrected chi connectivity index (χ0v) is 20.3. The second-order valence-electron chi connectivity index (χ2n) is 6.59. The van der Waals surface area contributed by atoms with Crippen molar-refractivity contribution in [1.29, 1.82) is 0 Å². The van der Waals surface area contributed by atoms with Gasteiger partial charge in [0.25, 0.3) is 0 Å². The number of alkyl halides is 2. The van der Waals surface area contributed by atoms with Crippen LogP contribution >= 0.6 is 24.0 Å². The van der Waals surface area contributed by atoms with E-state index in [4.69, 9.17) is 4.74 Å². The minimum Gasteiger partial charge on any atom is -0.496 e. The predicted molar refractivity (Wildman–Crippen MR) is 127 cm³/mol. The lowest BCUT2D eigenvalue weighted by molar-refractivity contribution is -0.0498. The summed E-state index contributed by atoms with van der Waals surface area (Å²) in [5.74, 6) is 1.36. The number of aliphatic imine (C=N–C) groups is 1. The number of aromatic nitrogens is 1. The number of nitrogens with zero attached hydrogens (tertiary/aromatic N) is 2. The van der Waals surface area contributed by atoms with Crippen molar-refractivity contribution < 1.29 is 23.4 Å². The Morgan fingerprint density at radius 2 is 1.87 bits per heavy atom. The van der Waals surface area contributed by atoms with Crippen LogP contribution in [0.25, 0.3) is 0 Å². The lowest BCUT2D eigenvalue weighted by atomic mass is 10.1. The molecular formula is C21H29F2IN4O3. The average molecular weight is 550 g/mol. The highest BCUT2D eigenvalue weighted by atomic mass is 127. The van der Waals surface area contributed by atoms with E-state index >= 15 is 0 Å². The molecule has 1 unspecified atom stereocenters. The number of rotatable bonds is 9. The number of guanidine groups is 1. The predicted octanol–water partition coefficient (Wildman–Crippen LogP) is 3.72. The topological polar surface area (TPSA) is 88.0 Å². The maximum Gasteiger partial charge on any atom is 0.387 e. The van der Waals surface area contributed by atoms with Crippen molar-refractivity contribution >= 4 is 29.9 Å². The summed E-state index contributed by atoms with van der Waals surface area (Å²) in [6.07, 6.45) is 0.899. The molecule has 0 saturated carbocycles. The molecule has 1 aromatic heterocycles. The molecule has 0 aliphatic rings. The van der Waals surface area contributed by atoms with Crippen LogP contribution in [0.1, 0.15) is 35.4 Å². The van der Waals surface area contributed by atoms with Gasteiger partial charge in [-0.3, -0.25) is 4.98 Å². The first kappa shape index (κ1) is 26.8. The highest BCUT2D eigenvalue weighted by molar-refractivity contribution is 14.0. The first-order chi connectivity index (χ1) is 14.3. The zero-order valence-electron chi connectivity index (χ0n) is 18.0. The first-order valence-electron chi connectivity index (χ1n) is 9.59. The van der Waals surface area contributed by atoms with Crippen LogP contribution < -0.4 is 20.1 Å². The third kappa shape index (κ3) is 8.09.